The van der Waals surface area contributed by atoms with Crippen LogP contribution in [0, 0.1) is 0 Å². The van der Waals surface area contributed by atoms with E-state index in [2.05, 4.69) is 16.5 Å². The molecule has 0 saturated heterocycles. The Bertz CT molecular complexity index is 597. The van der Waals surface area contributed by atoms with E-state index < -0.39 is 0 Å². The van der Waals surface area contributed by atoms with Crippen molar-refractivity contribution in [3.05, 3.63) is 48.0 Å². The molecule has 1 saturated carbocycles. The number of phenolic OH excluding ortho intramolecular Hbond substituents is 1. The second-order valence-corrected chi connectivity index (χ2v) is 6.54. The van der Waals surface area contributed by atoms with Gasteiger partial charge in [0.25, 0.3) is 0 Å². The van der Waals surface area contributed by atoms with E-state index in [-0.39, 0.29) is 5.41 Å². The zero-order chi connectivity index (χ0) is 15.4. The lowest BCUT2D eigenvalue weighted by Crippen LogP contribution is -2.40. The fraction of sp³-hybridized carbons (Fsp3) is 0.500. The molecule has 1 fully saturated rings. The summed E-state index contributed by atoms with van der Waals surface area (Å²) in [6.07, 6.45) is 10.4. The van der Waals surface area contributed by atoms with E-state index >= 15 is 0 Å². The molecule has 4 nitrogen and oxygen atoms in total. The summed E-state index contributed by atoms with van der Waals surface area (Å²) in [5, 5.41) is 13.0. The third-order valence-electron chi connectivity index (χ3n) is 4.79. The molecular weight excluding hydrogens is 274 g/mol. The van der Waals surface area contributed by atoms with Crippen molar-refractivity contribution >= 4 is 0 Å². The van der Waals surface area contributed by atoms with Crippen LogP contribution in [0.2, 0.25) is 0 Å². The van der Waals surface area contributed by atoms with E-state index in [1.54, 1.807) is 12.1 Å². The van der Waals surface area contributed by atoms with Gasteiger partial charge in [0.1, 0.15) is 5.75 Å². The quantitative estimate of drug-likeness (QED) is 0.892. The average Bonchev–Trinajstić information content (AvgIpc) is 2.97. The van der Waals surface area contributed by atoms with Crippen LogP contribution < -0.4 is 5.32 Å². The number of imidazole rings is 1. The van der Waals surface area contributed by atoms with Gasteiger partial charge in [-0.1, -0.05) is 31.4 Å². The first-order chi connectivity index (χ1) is 10.7. The summed E-state index contributed by atoms with van der Waals surface area (Å²) in [5.41, 5.74) is 2.61. The summed E-state index contributed by atoms with van der Waals surface area (Å²) in [7, 11) is 2.04. The Kier molecular flexibility index (Phi) is 4.48. The van der Waals surface area contributed by atoms with E-state index in [1.165, 1.54) is 43.4 Å². The van der Waals surface area contributed by atoms with Crippen molar-refractivity contribution in [3.63, 3.8) is 0 Å². The highest BCUT2D eigenvalue weighted by atomic mass is 16.3. The predicted octanol–water partition coefficient (Wildman–Crippen LogP) is 3.12. The van der Waals surface area contributed by atoms with Gasteiger partial charge in [-0.2, -0.15) is 0 Å². The molecule has 0 radical (unpaired) electrons. The fourth-order valence-corrected chi connectivity index (χ4v) is 3.50. The molecule has 2 N–H and O–H groups in total. The number of aryl methyl sites for hydroxylation is 1. The topological polar surface area (TPSA) is 50.1 Å². The summed E-state index contributed by atoms with van der Waals surface area (Å²) in [5.74, 6) is 0.320. The number of nitrogens with one attached hydrogen (secondary N) is 1. The number of rotatable bonds is 5. The fourth-order valence-electron chi connectivity index (χ4n) is 3.50. The number of hydrogen-bond donors (Lipinski definition) is 2. The summed E-state index contributed by atoms with van der Waals surface area (Å²) < 4.78 is 2.05. The largest absolute Gasteiger partial charge is 0.508 e. The monoisotopic (exact) mass is 299 g/mol. The van der Waals surface area contributed by atoms with Crippen molar-refractivity contribution in [3.8, 4) is 5.75 Å². The molecule has 0 aliphatic heterocycles. The lowest BCUT2D eigenvalue weighted by molar-refractivity contribution is 0.273. The van der Waals surface area contributed by atoms with Crippen molar-refractivity contribution in [2.75, 3.05) is 6.54 Å². The zero-order valence-corrected chi connectivity index (χ0v) is 13.3. The second-order valence-electron chi connectivity index (χ2n) is 6.54. The van der Waals surface area contributed by atoms with Crippen LogP contribution in [0.4, 0.5) is 0 Å². The highest BCUT2D eigenvalue weighted by molar-refractivity contribution is 5.26. The summed E-state index contributed by atoms with van der Waals surface area (Å²) >= 11 is 0. The van der Waals surface area contributed by atoms with Gasteiger partial charge < -0.3 is 15.0 Å². The molecule has 0 amide bonds. The molecule has 0 spiro atoms. The Morgan fingerprint density at radius 1 is 1.18 bits per heavy atom. The van der Waals surface area contributed by atoms with Crippen LogP contribution in [0.25, 0.3) is 0 Å². The standard InChI is InChI=1S/C18H25N3O/c1-21-12-17(20-14-21)18(9-3-2-4-10-18)13-19-11-15-5-7-16(22)8-6-15/h5-8,12,14,19,22H,2-4,9-11,13H2,1H3. The van der Waals surface area contributed by atoms with Crippen LogP contribution in [-0.2, 0) is 19.0 Å². The zero-order valence-electron chi connectivity index (χ0n) is 13.3. The molecular formula is C18H25N3O. The van der Waals surface area contributed by atoms with Gasteiger partial charge in [0, 0.05) is 31.7 Å². The minimum Gasteiger partial charge on any atom is -0.508 e. The van der Waals surface area contributed by atoms with Gasteiger partial charge in [0.2, 0.25) is 0 Å². The average molecular weight is 299 g/mol. The predicted molar refractivity (Wildman–Crippen MR) is 87.8 cm³/mol. The molecule has 1 aliphatic rings. The molecule has 0 atom stereocenters. The summed E-state index contributed by atoms with van der Waals surface area (Å²) in [6.45, 7) is 1.79. The number of aromatic hydroxyl groups is 1. The number of hydrogen-bond acceptors (Lipinski definition) is 3. The molecule has 4 heteroatoms. The van der Waals surface area contributed by atoms with Crippen molar-refractivity contribution in [2.24, 2.45) is 7.05 Å². The minimum absolute atomic E-state index is 0.177. The van der Waals surface area contributed by atoms with Crippen LogP contribution >= 0.6 is 0 Å². The first-order valence-corrected chi connectivity index (χ1v) is 8.15. The van der Waals surface area contributed by atoms with Gasteiger partial charge in [-0.25, -0.2) is 4.98 Å². The molecule has 118 valence electrons. The van der Waals surface area contributed by atoms with Crippen LogP contribution in [0.3, 0.4) is 0 Å². The minimum atomic E-state index is 0.177. The van der Waals surface area contributed by atoms with Gasteiger partial charge >= 0.3 is 0 Å². The van der Waals surface area contributed by atoms with E-state index in [0.717, 1.165) is 13.1 Å². The molecule has 2 aromatic rings. The van der Waals surface area contributed by atoms with Gasteiger partial charge in [0.05, 0.1) is 12.0 Å². The molecule has 22 heavy (non-hydrogen) atoms. The van der Waals surface area contributed by atoms with Gasteiger partial charge in [-0.05, 0) is 30.5 Å². The van der Waals surface area contributed by atoms with Crippen LogP contribution in [0.15, 0.2) is 36.8 Å². The third kappa shape index (κ3) is 3.33. The van der Waals surface area contributed by atoms with Gasteiger partial charge in [0.15, 0.2) is 0 Å². The molecule has 1 aliphatic carbocycles. The van der Waals surface area contributed by atoms with E-state index in [9.17, 15) is 5.11 Å². The lowest BCUT2D eigenvalue weighted by atomic mass is 9.72. The molecule has 1 heterocycles. The third-order valence-corrected chi connectivity index (χ3v) is 4.79. The summed E-state index contributed by atoms with van der Waals surface area (Å²) in [6, 6.07) is 7.42. The van der Waals surface area contributed by atoms with Gasteiger partial charge in [-0.3, -0.25) is 0 Å². The van der Waals surface area contributed by atoms with Gasteiger partial charge in [-0.15, -0.1) is 0 Å². The Balaban J connectivity index is 1.67. The first kappa shape index (κ1) is 15.1. The lowest BCUT2D eigenvalue weighted by Gasteiger charge is -2.36. The summed E-state index contributed by atoms with van der Waals surface area (Å²) in [4.78, 5) is 4.64. The maximum absolute atomic E-state index is 9.35. The number of nitrogens with zero attached hydrogens (tertiary/aromatic N) is 2. The van der Waals surface area contributed by atoms with E-state index in [0.29, 0.717) is 5.75 Å². The first-order valence-electron chi connectivity index (χ1n) is 8.15. The Hall–Kier alpha value is -1.81. The molecule has 0 unspecified atom stereocenters. The van der Waals surface area contributed by atoms with E-state index in [4.69, 9.17) is 0 Å². The molecule has 1 aromatic heterocycles. The second kappa shape index (κ2) is 6.53. The Morgan fingerprint density at radius 3 is 2.55 bits per heavy atom. The number of aromatic nitrogens is 2. The maximum atomic E-state index is 9.35. The maximum Gasteiger partial charge on any atom is 0.115 e. The SMILES string of the molecule is Cn1cnc(C2(CNCc3ccc(O)cc3)CCCCC2)c1. The van der Waals surface area contributed by atoms with Crippen LogP contribution in [0.5, 0.6) is 5.75 Å². The highest BCUT2D eigenvalue weighted by Crippen LogP contribution is 2.38. The molecule has 0 bridgehead atoms. The van der Waals surface area contributed by atoms with Crippen LogP contribution in [-0.4, -0.2) is 21.2 Å². The Morgan fingerprint density at radius 2 is 1.91 bits per heavy atom. The molecule has 3 rings (SSSR count). The highest BCUT2D eigenvalue weighted by Gasteiger charge is 2.35. The van der Waals surface area contributed by atoms with Crippen molar-refractivity contribution < 1.29 is 5.11 Å². The van der Waals surface area contributed by atoms with Crippen molar-refractivity contribution in [1.82, 2.24) is 14.9 Å². The number of benzene rings is 1. The smallest absolute Gasteiger partial charge is 0.115 e. The molecule has 1 aromatic carbocycles. The Labute approximate surface area is 132 Å². The van der Waals surface area contributed by atoms with Crippen molar-refractivity contribution in [2.45, 2.75) is 44.1 Å². The van der Waals surface area contributed by atoms with Crippen molar-refractivity contribution in [1.29, 1.82) is 0 Å². The normalized spacial score (nSPS) is 17.5. The van der Waals surface area contributed by atoms with Crippen LogP contribution in [0.1, 0.15) is 43.4 Å². The van der Waals surface area contributed by atoms with E-state index in [1.807, 2.05) is 30.1 Å². The number of phenols is 1.